The van der Waals surface area contributed by atoms with E-state index < -0.39 is 18.2 Å². The molecule has 168 valence electrons. The Labute approximate surface area is 192 Å². The fraction of sp³-hybridized carbons (Fsp3) is 0.192. The van der Waals surface area contributed by atoms with E-state index in [1.165, 1.54) is 11.8 Å². The van der Waals surface area contributed by atoms with Gasteiger partial charge in [0, 0.05) is 19.2 Å². The van der Waals surface area contributed by atoms with Gasteiger partial charge < -0.3 is 15.4 Å². The number of anilines is 1. The van der Waals surface area contributed by atoms with E-state index in [0.29, 0.717) is 17.8 Å². The van der Waals surface area contributed by atoms with Crippen LogP contribution in [0, 0.1) is 0 Å². The molecule has 1 aliphatic rings. The number of hydrogen-bond acceptors (Lipinski definition) is 4. The number of nitrogens with one attached hydrogen (secondary N) is 2. The van der Waals surface area contributed by atoms with Gasteiger partial charge >= 0.3 is 6.09 Å². The Morgan fingerprint density at radius 2 is 1.48 bits per heavy atom. The second-order valence-electron chi connectivity index (χ2n) is 7.87. The SMILES string of the molecule is CC(=O)Nc1ccc(C2OC(=O)N(Cc3ccccc3)C2C(=O)NCc2ccccc2)cc1. The van der Waals surface area contributed by atoms with Gasteiger partial charge in [0.25, 0.3) is 0 Å². The normalized spacial score (nSPS) is 17.4. The van der Waals surface area contributed by atoms with E-state index in [4.69, 9.17) is 4.74 Å². The molecular formula is C26H25N3O4. The van der Waals surface area contributed by atoms with Crippen LogP contribution in [0.3, 0.4) is 0 Å². The molecule has 7 nitrogen and oxygen atoms in total. The number of amides is 3. The number of rotatable bonds is 7. The van der Waals surface area contributed by atoms with E-state index in [2.05, 4.69) is 10.6 Å². The summed E-state index contributed by atoms with van der Waals surface area (Å²) < 4.78 is 5.68. The molecule has 3 amide bonds. The summed E-state index contributed by atoms with van der Waals surface area (Å²) in [6, 6.07) is 25.2. The molecule has 2 N–H and O–H groups in total. The lowest BCUT2D eigenvalue weighted by Crippen LogP contribution is -2.46. The van der Waals surface area contributed by atoms with Crippen molar-refractivity contribution in [2.45, 2.75) is 32.2 Å². The van der Waals surface area contributed by atoms with E-state index in [0.717, 1.165) is 11.1 Å². The molecule has 0 saturated carbocycles. The fourth-order valence-electron chi connectivity index (χ4n) is 3.84. The summed E-state index contributed by atoms with van der Waals surface area (Å²) in [4.78, 5) is 38.9. The summed E-state index contributed by atoms with van der Waals surface area (Å²) >= 11 is 0. The molecule has 1 aliphatic heterocycles. The highest BCUT2D eigenvalue weighted by atomic mass is 16.6. The summed E-state index contributed by atoms with van der Waals surface area (Å²) in [5, 5.41) is 5.65. The van der Waals surface area contributed by atoms with Crippen LogP contribution in [0.1, 0.15) is 29.7 Å². The largest absolute Gasteiger partial charge is 0.438 e. The molecule has 0 spiro atoms. The number of cyclic esters (lactones) is 1. The van der Waals surface area contributed by atoms with Crippen molar-refractivity contribution in [3.05, 3.63) is 102 Å². The van der Waals surface area contributed by atoms with Gasteiger partial charge in [-0.25, -0.2) is 4.79 Å². The third kappa shape index (κ3) is 5.38. The molecule has 4 rings (SSSR count). The smallest absolute Gasteiger partial charge is 0.411 e. The zero-order valence-electron chi connectivity index (χ0n) is 18.2. The van der Waals surface area contributed by atoms with E-state index in [-0.39, 0.29) is 18.4 Å². The van der Waals surface area contributed by atoms with Crippen LogP contribution in [0.4, 0.5) is 10.5 Å². The Bertz CT molecular complexity index is 1120. The molecule has 3 aromatic rings. The van der Waals surface area contributed by atoms with Crippen LogP contribution in [0.5, 0.6) is 0 Å². The first-order valence-electron chi connectivity index (χ1n) is 10.7. The van der Waals surface area contributed by atoms with Crippen molar-refractivity contribution in [1.29, 1.82) is 0 Å². The number of carbonyl (C=O) groups is 3. The van der Waals surface area contributed by atoms with Gasteiger partial charge in [0.15, 0.2) is 12.1 Å². The minimum Gasteiger partial charge on any atom is -0.438 e. The van der Waals surface area contributed by atoms with E-state index in [1.54, 1.807) is 24.3 Å². The summed E-state index contributed by atoms with van der Waals surface area (Å²) in [6.07, 6.45) is -1.32. The molecular weight excluding hydrogens is 418 g/mol. The van der Waals surface area contributed by atoms with Gasteiger partial charge in [-0.1, -0.05) is 72.8 Å². The van der Waals surface area contributed by atoms with Gasteiger partial charge in [-0.2, -0.15) is 0 Å². The van der Waals surface area contributed by atoms with Crippen molar-refractivity contribution in [2.75, 3.05) is 5.32 Å². The molecule has 0 bridgehead atoms. The first-order valence-corrected chi connectivity index (χ1v) is 10.7. The maximum absolute atomic E-state index is 13.3. The maximum atomic E-state index is 13.3. The maximum Gasteiger partial charge on any atom is 0.411 e. The molecule has 1 saturated heterocycles. The first kappa shape index (κ1) is 22.1. The van der Waals surface area contributed by atoms with Crippen LogP contribution >= 0.6 is 0 Å². The Morgan fingerprint density at radius 3 is 2.09 bits per heavy atom. The zero-order valence-corrected chi connectivity index (χ0v) is 18.2. The van der Waals surface area contributed by atoms with Crippen LogP contribution < -0.4 is 10.6 Å². The zero-order chi connectivity index (χ0) is 23.2. The number of benzene rings is 3. The van der Waals surface area contributed by atoms with E-state index >= 15 is 0 Å². The quantitative estimate of drug-likeness (QED) is 0.577. The van der Waals surface area contributed by atoms with Gasteiger partial charge in [0.05, 0.1) is 6.54 Å². The van der Waals surface area contributed by atoms with Crippen molar-refractivity contribution in [3.63, 3.8) is 0 Å². The van der Waals surface area contributed by atoms with Crippen LogP contribution in [-0.2, 0) is 27.4 Å². The van der Waals surface area contributed by atoms with Gasteiger partial charge in [-0.15, -0.1) is 0 Å². The number of ether oxygens (including phenoxy) is 1. The Kier molecular flexibility index (Phi) is 6.69. The summed E-state index contributed by atoms with van der Waals surface area (Å²) in [5.41, 5.74) is 3.16. The van der Waals surface area contributed by atoms with Crippen LogP contribution in [0.25, 0.3) is 0 Å². The Hall–Kier alpha value is -4.13. The first-order chi connectivity index (χ1) is 16.0. The van der Waals surface area contributed by atoms with Crippen molar-refractivity contribution < 1.29 is 19.1 Å². The molecule has 33 heavy (non-hydrogen) atoms. The lowest BCUT2D eigenvalue weighted by atomic mass is 10.00. The summed E-state index contributed by atoms with van der Waals surface area (Å²) in [7, 11) is 0. The highest BCUT2D eigenvalue weighted by Gasteiger charge is 2.46. The van der Waals surface area contributed by atoms with E-state index in [9.17, 15) is 14.4 Å². The van der Waals surface area contributed by atoms with Crippen molar-refractivity contribution in [3.8, 4) is 0 Å². The summed E-state index contributed by atoms with van der Waals surface area (Å²) in [5.74, 6) is -0.473. The second-order valence-corrected chi connectivity index (χ2v) is 7.87. The minimum atomic E-state index is -0.840. The third-order valence-corrected chi connectivity index (χ3v) is 5.42. The molecule has 0 radical (unpaired) electrons. The molecule has 1 heterocycles. The third-order valence-electron chi connectivity index (χ3n) is 5.42. The average molecular weight is 444 g/mol. The monoisotopic (exact) mass is 443 g/mol. The van der Waals surface area contributed by atoms with Crippen LogP contribution in [0.15, 0.2) is 84.9 Å². The molecule has 3 aromatic carbocycles. The van der Waals surface area contributed by atoms with Crippen molar-refractivity contribution in [1.82, 2.24) is 10.2 Å². The molecule has 2 unspecified atom stereocenters. The lowest BCUT2D eigenvalue weighted by molar-refractivity contribution is -0.126. The second kappa shape index (κ2) is 9.99. The average Bonchev–Trinajstić information content (AvgIpc) is 3.15. The number of hydrogen-bond donors (Lipinski definition) is 2. The molecule has 2 atom stereocenters. The molecule has 0 aromatic heterocycles. The minimum absolute atomic E-state index is 0.178. The van der Waals surface area contributed by atoms with Gasteiger partial charge in [0.1, 0.15) is 0 Å². The fourth-order valence-corrected chi connectivity index (χ4v) is 3.84. The van der Waals surface area contributed by atoms with Gasteiger partial charge in [0.2, 0.25) is 11.8 Å². The van der Waals surface area contributed by atoms with Crippen LogP contribution in [0.2, 0.25) is 0 Å². The lowest BCUT2D eigenvalue weighted by Gasteiger charge is -2.24. The van der Waals surface area contributed by atoms with E-state index in [1.807, 2.05) is 60.7 Å². The van der Waals surface area contributed by atoms with Gasteiger partial charge in [-0.05, 0) is 28.8 Å². The Morgan fingerprint density at radius 1 is 0.879 bits per heavy atom. The van der Waals surface area contributed by atoms with Crippen molar-refractivity contribution >= 4 is 23.6 Å². The number of nitrogens with zero attached hydrogens (tertiary/aromatic N) is 1. The standard InChI is InChI=1S/C26H25N3O4/c1-18(30)28-22-14-12-21(13-15-22)24-23(25(31)27-16-19-8-4-2-5-9-19)29(26(32)33-24)17-20-10-6-3-7-11-20/h2-15,23-24H,16-17H2,1H3,(H,27,31)(H,28,30). The van der Waals surface area contributed by atoms with Gasteiger partial charge in [-0.3, -0.25) is 14.5 Å². The predicted molar refractivity (Wildman–Crippen MR) is 124 cm³/mol. The van der Waals surface area contributed by atoms with Crippen molar-refractivity contribution in [2.24, 2.45) is 0 Å². The highest BCUT2D eigenvalue weighted by Crippen LogP contribution is 2.34. The molecule has 1 fully saturated rings. The highest BCUT2D eigenvalue weighted by molar-refractivity contribution is 5.90. The molecule has 0 aliphatic carbocycles. The Balaban J connectivity index is 1.59. The number of carbonyl (C=O) groups excluding carboxylic acids is 3. The topological polar surface area (TPSA) is 87.7 Å². The molecule has 7 heteroatoms. The van der Waals surface area contributed by atoms with Crippen LogP contribution in [-0.4, -0.2) is 28.8 Å². The predicted octanol–water partition coefficient (Wildman–Crippen LogP) is 4.02. The summed E-state index contributed by atoms with van der Waals surface area (Å²) in [6.45, 7) is 2.03.